The molecule has 0 spiro atoms. The normalized spacial score (nSPS) is 16.6. The number of allylic oxidation sites excluding steroid dienone is 1. The van der Waals surface area contributed by atoms with Gasteiger partial charge in [-0.25, -0.2) is 0 Å². The lowest BCUT2D eigenvalue weighted by atomic mass is 10.00. The number of Topliss-reactive ketones (excluding diaryl/α,β-unsaturated/α-hetero) is 1. The second-order valence-electron chi connectivity index (χ2n) is 7.56. The molecule has 0 N–H and O–H groups in total. The topological polar surface area (TPSA) is 51.7 Å². The lowest BCUT2D eigenvalue weighted by Gasteiger charge is -2.30. The Morgan fingerprint density at radius 1 is 1.16 bits per heavy atom. The van der Waals surface area contributed by atoms with E-state index in [0.717, 1.165) is 22.4 Å². The molecule has 0 unspecified atom stereocenters. The Morgan fingerprint density at radius 3 is 2.71 bits per heavy atom. The predicted molar refractivity (Wildman–Crippen MR) is 120 cm³/mol. The number of benzene rings is 2. The lowest BCUT2D eigenvalue weighted by molar-refractivity contribution is 0.0876. The van der Waals surface area contributed by atoms with Gasteiger partial charge < -0.3 is 9.47 Å². The van der Waals surface area contributed by atoms with Gasteiger partial charge in [-0.1, -0.05) is 35.3 Å². The third kappa shape index (κ3) is 3.69. The summed E-state index contributed by atoms with van der Waals surface area (Å²) in [6.07, 6.45) is 5.20. The van der Waals surface area contributed by atoms with Gasteiger partial charge in [0.15, 0.2) is 5.76 Å². The van der Waals surface area contributed by atoms with Gasteiger partial charge in [-0.3, -0.25) is 14.7 Å². The maximum atomic E-state index is 13.1. The van der Waals surface area contributed by atoms with Crippen molar-refractivity contribution in [2.45, 2.75) is 20.0 Å². The van der Waals surface area contributed by atoms with E-state index >= 15 is 0 Å². The van der Waals surface area contributed by atoms with Crippen LogP contribution in [-0.4, -0.2) is 22.4 Å². The summed E-state index contributed by atoms with van der Waals surface area (Å²) in [5.74, 6) is 1.30. The molecule has 0 fully saturated rings. The van der Waals surface area contributed by atoms with Crippen molar-refractivity contribution in [2.75, 3.05) is 6.73 Å². The molecule has 2 aromatic carbocycles. The number of pyridine rings is 1. The summed E-state index contributed by atoms with van der Waals surface area (Å²) in [4.78, 5) is 19.4. The van der Waals surface area contributed by atoms with E-state index in [9.17, 15) is 4.79 Å². The number of aromatic nitrogens is 1. The van der Waals surface area contributed by atoms with Crippen molar-refractivity contribution < 1.29 is 14.3 Å². The van der Waals surface area contributed by atoms with Crippen molar-refractivity contribution in [3.05, 3.63) is 92.4 Å². The van der Waals surface area contributed by atoms with Crippen LogP contribution in [0.5, 0.6) is 11.5 Å². The minimum Gasteiger partial charge on any atom is -0.477 e. The Bertz CT molecular complexity index is 1200. The molecule has 5 rings (SSSR count). The zero-order valence-electron chi connectivity index (χ0n) is 16.7. The van der Waals surface area contributed by atoms with E-state index in [2.05, 4.69) is 9.88 Å². The molecule has 3 aromatic rings. The number of ketones is 1. The fraction of sp³-hybridized carbons (Fsp3) is 0.167. The average Bonchev–Trinajstić information content (AvgIpc) is 3.07. The predicted octanol–water partition coefficient (Wildman–Crippen LogP) is 5.67. The van der Waals surface area contributed by atoms with E-state index in [1.165, 1.54) is 0 Å². The van der Waals surface area contributed by atoms with E-state index in [-0.39, 0.29) is 11.5 Å². The van der Waals surface area contributed by atoms with Gasteiger partial charge in [0, 0.05) is 52.2 Å². The molecule has 3 heterocycles. The van der Waals surface area contributed by atoms with Gasteiger partial charge >= 0.3 is 0 Å². The molecular weight excluding hydrogens is 435 g/mol. The molecule has 2 aliphatic rings. The van der Waals surface area contributed by atoms with Gasteiger partial charge in [0.05, 0.1) is 5.56 Å². The first-order valence-electron chi connectivity index (χ1n) is 9.80. The van der Waals surface area contributed by atoms with Crippen molar-refractivity contribution in [1.29, 1.82) is 0 Å². The summed E-state index contributed by atoms with van der Waals surface area (Å²) < 4.78 is 12.0. The van der Waals surface area contributed by atoms with Crippen LogP contribution in [0.3, 0.4) is 0 Å². The highest BCUT2D eigenvalue weighted by Crippen LogP contribution is 2.43. The van der Waals surface area contributed by atoms with Crippen molar-refractivity contribution in [3.63, 3.8) is 0 Å². The molecule has 0 atom stereocenters. The number of hydrogen-bond donors (Lipinski definition) is 0. The number of carbonyl (C=O) groups is 1. The summed E-state index contributed by atoms with van der Waals surface area (Å²) in [7, 11) is 0. The summed E-state index contributed by atoms with van der Waals surface area (Å²) in [5.41, 5.74) is 3.96. The van der Waals surface area contributed by atoms with E-state index < -0.39 is 0 Å². The second kappa shape index (κ2) is 8.00. The first kappa shape index (κ1) is 20.1. The Morgan fingerprint density at radius 2 is 1.97 bits per heavy atom. The zero-order valence-corrected chi connectivity index (χ0v) is 18.2. The molecule has 0 radical (unpaired) electrons. The van der Waals surface area contributed by atoms with Crippen LogP contribution in [0, 0.1) is 6.92 Å². The molecule has 0 saturated heterocycles. The molecule has 0 aliphatic carbocycles. The molecule has 7 heteroatoms. The minimum atomic E-state index is -0.193. The van der Waals surface area contributed by atoms with Gasteiger partial charge in [0.25, 0.3) is 0 Å². The van der Waals surface area contributed by atoms with E-state index in [1.807, 2.05) is 31.3 Å². The number of carbonyl (C=O) groups excluding carboxylic acids is 1. The average molecular weight is 453 g/mol. The maximum absolute atomic E-state index is 13.1. The van der Waals surface area contributed by atoms with Crippen molar-refractivity contribution in [3.8, 4) is 11.5 Å². The Kier molecular flexibility index (Phi) is 5.18. The number of rotatable bonds is 3. The monoisotopic (exact) mass is 452 g/mol. The van der Waals surface area contributed by atoms with Gasteiger partial charge in [-0.05, 0) is 42.8 Å². The zero-order chi connectivity index (χ0) is 21.5. The summed E-state index contributed by atoms with van der Waals surface area (Å²) in [6, 6.07) is 11.0. The smallest absolute Gasteiger partial charge is 0.231 e. The molecule has 156 valence electrons. The number of ether oxygens (including phenoxy) is 2. The van der Waals surface area contributed by atoms with E-state index in [0.29, 0.717) is 46.7 Å². The first-order chi connectivity index (χ1) is 15.0. The van der Waals surface area contributed by atoms with Gasteiger partial charge in [-0.2, -0.15) is 0 Å². The quantitative estimate of drug-likeness (QED) is 0.479. The van der Waals surface area contributed by atoms with Crippen molar-refractivity contribution in [2.24, 2.45) is 0 Å². The Balaban J connectivity index is 1.46. The molecular formula is C24H18Cl2N2O3. The summed E-state index contributed by atoms with van der Waals surface area (Å²) in [5, 5.41) is 0.912. The minimum absolute atomic E-state index is 0.193. The van der Waals surface area contributed by atoms with Gasteiger partial charge in [-0.15, -0.1) is 0 Å². The second-order valence-corrected chi connectivity index (χ2v) is 8.38. The summed E-state index contributed by atoms with van der Waals surface area (Å²) in [6.45, 7) is 3.74. The number of nitrogens with zero attached hydrogens (tertiary/aromatic N) is 2. The Hall–Kier alpha value is -2.86. The molecule has 31 heavy (non-hydrogen) atoms. The molecule has 1 aromatic heterocycles. The van der Waals surface area contributed by atoms with Crippen LogP contribution in [-0.2, 0) is 13.1 Å². The first-order valence-corrected chi connectivity index (χ1v) is 10.6. The van der Waals surface area contributed by atoms with E-state index in [1.54, 1.807) is 30.5 Å². The van der Waals surface area contributed by atoms with Gasteiger partial charge in [0.2, 0.25) is 5.78 Å². The van der Waals surface area contributed by atoms with Crippen LogP contribution >= 0.6 is 23.2 Å². The highest BCUT2D eigenvalue weighted by atomic mass is 35.5. The SMILES string of the molecule is Cc1c2c(cc3c1O/C(=C\c1c(Cl)cccc1Cl)C3=O)CN(Cc1cccnc1)CO2. The fourth-order valence-electron chi connectivity index (χ4n) is 3.93. The third-order valence-electron chi connectivity index (χ3n) is 5.41. The maximum Gasteiger partial charge on any atom is 0.231 e. The van der Waals surface area contributed by atoms with Crippen LogP contribution in [0.4, 0.5) is 0 Å². The molecule has 0 saturated carbocycles. The lowest BCUT2D eigenvalue weighted by Crippen LogP contribution is -2.32. The van der Waals surface area contributed by atoms with Crippen LogP contribution in [0.1, 0.15) is 32.6 Å². The van der Waals surface area contributed by atoms with Crippen LogP contribution in [0.2, 0.25) is 10.0 Å². The van der Waals surface area contributed by atoms with Gasteiger partial charge in [0.1, 0.15) is 18.2 Å². The van der Waals surface area contributed by atoms with Crippen molar-refractivity contribution in [1.82, 2.24) is 9.88 Å². The van der Waals surface area contributed by atoms with E-state index in [4.69, 9.17) is 32.7 Å². The van der Waals surface area contributed by atoms with Crippen LogP contribution in [0.15, 0.2) is 54.6 Å². The standard InChI is InChI=1S/C24H18Cl2N2O3/c1-14-23-16(12-28(13-30-23)11-15-4-3-7-27-10-15)8-18-22(29)21(31-24(14)18)9-17-19(25)5-2-6-20(17)26/h2-10H,11-13H2,1H3/b21-9-. The highest BCUT2D eigenvalue weighted by Gasteiger charge is 2.33. The largest absolute Gasteiger partial charge is 0.477 e. The molecule has 5 nitrogen and oxygen atoms in total. The van der Waals surface area contributed by atoms with Crippen LogP contribution in [0.25, 0.3) is 6.08 Å². The Labute approximate surface area is 189 Å². The molecule has 0 bridgehead atoms. The van der Waals surface area contributed by atoms with Crippen molar-refractivity contribution >= 4 is 35.1 Å². The third-order valence-corrected chi connectivity index (χ3v) is 6.07. The summed E-state index contributed by atoms with van der Waals surface area (Å²) >= 11 is 12.5. The highest BCUT2D eigenvalue weighted by molar-refractivity contribution is 6.37. The molecule has 2 aliphatic heterocycles. The number of halogens is 2. The number of fused-ring (bicyclic) bond motifs is 2. The fourth-order valence-corrected chi connectivity index (χ4v) is 4.43. The molecule has 0 amide bonds. The van der Waals surface area contributed by atoms with Crippen LogP contribution < -0.4 is 9.47 Å². The number of hydrogen-bond acceptors (Lipinski definition) is 5.